The van der Waals surface area contributed by atoms with Gasteiger partial charge < -0.3 is 9.73 Å². The Morgan fingerprint density at radius 3 is 3.06 bits per heavy atom. The standard InChI is InChI=1S/C13H10NO3/c15-12(14-9-5-6-9)10-7-8-3-1-2-4-11(8)17-13(10)16/h2-4,7,9H,5-6H2,(H,14,15). The van der Waals surface area contributed by atoms with Crippen LogP contribution in [0.4, 0.5) is 0 Å². The van der Waals surface area contributed by atoms with Gasteiger partial charge in [0.15, 0.2) is 0 Å². The molecule has 1 N–H and O–H groups in total. The summed E-state index contributed by atoms with van der Waals surface area (Å²) < 4.78 is 5.08. The fourth-order valence-electron chi connectivity index (χ4n) is 1.65. The van der Waals surface area contributed by atoms with Crippen LogP contribution in [0.5, 0.6) is 0 Å². The minimum Gasteiger partial charge on any atom is -0.422 e. The fraction of sp³-hybridized carbons (Fsp3) is 0.231. The van der Waals surface area contributed by atoms with Crippen LogP contribution in [0.1, 0.15) is 23.2 Å². The van der Waals surface area contributed by atoms with Crippen molar-refractivity contribution in [3.63, 3.8) is 0 Å². The summed E-state index contributed by atoms with van der Waals surface area (Å²) in [4.78, 5) is 23.4. The Hall–Kier alpha value is -2.10. The summed E-state index contributed by atoms with van der Waals surface area (Å²) in [6.45, 7) is 0. The topological polar surface area (TPSA) is 59.3 Å². The third-order valence-corrected chi connectivity index (χ3v) is 2.73. The molecule has 1 aliphatic rings. The van der Waals surface area contributed by atoms with Crippen LogP contribution < -0.4 is 10.9 Å². The van der Waals surface area contributed by atoms with Gasteiger partial charge in [0.2, 0.25) is 0 Å². The lowest BCUT2D eigenvalue weighted by molar-refractivity contribution is 0.0947. The van der Waals surface area contributed by atoms with E-state index >= 15 is 0 Å². The summed E-state index contributed by atoms with van der Waals surface area (Å²) in [5.41, 5.74) is -0.0671. The number of nitrogens with one attached hydrogen (secondary N) is 1. The van der Waals surface area contributed by atoms with Gasteiger partial charge in [0.25, 0.3) is 5.91 Å². The van der Waals surface area contributed by atoms with Gasteiger partial charge in [-0.15, -0.1) is 0 Å². The second-order valence-corrected chi connectivity index (χ2v) is 4.16. The molecule has 2 aromatic rings. The van der Waals surface area contributed by atoms with E-state index in [2.05, 4.69) is 11.4 Å². The average molecular weight is 228 g/mol. The first-order chi connectivity index (χ1) is 8.24. The summed E-state index contributed by atoms with van der Waals surface area (Å²) >= 11 is 0. The van der Waals surface area contributed by atoms with Crippen LogP contribution in [-0.2, 0) is 0 Å². The highest BCUT2D eigenvalue weighted by Gasteiger charge is 2.25. The summed E-state index contributed by atoms with van der Waals surface area (Å²) in [7, 11) is 0. The van der Waals surface area contributed by atoms with Gasteiger partial charge in [-0.1, -0.05) is 6.07 Å². The first-order valence-corrected chi connectivity index (χ1v) is 5.49. The molecule has 0 aliphatic heterocycles. The van der Waals surface area contributed by atoms with Gasteiger partial charge in [-0.3, -0.25) is 4.79 Å². The van der Waals surface area contributed by atoms with E-state index in [4.69, 9.17) is 4.42 Å². The molecule has 1 saturated carbocycles. The third kappa shape index (κ3) is 1.93. The van der Waals surface area contributed by atoms with Crippen LogP contribution in [0.2, 0.25) is 0 Å². The number of hydrogen-bond acceptors (Lipinski definition) is 3. The van der Waals surface area contributed by atoms with Crippen LogP contribution >= 0.6 is 0 Å². The Bertz CT molecular complexity index is 640. The van der Waals surface area contributed by atoms with Crippen LogP contribution in [0, 0.1) is 6.07 Å². The molecule has 0 unspecified atom stereocenters. The van der Waals surface area contributed by atoms with Gasteiger partial charge in [-0.05, 0) is 37.1 Å². The molecule has 0 bridgehead atoms. The van der Waals surface area contributed by atoms with Crippen molar-refractivity contribution in [1.82, 2.24) is 5.32 Å². The van der Waals surface area contributed by atoms with E-state index < -0.39 is 5.63 Å². The van der Waals surface area contributed by atoms with Gasteiger partial charge in [0.1, 0.15) is 11.1 Å². The Morgan fingerprint density at radius 1 is 1.47 bits per heavy atom. The first-order valence-electron chi connectivity index (χ1n) is 5.49. The monoisotopic (exact) mass is 228 g/mol. The predicted molar refractivity (Wildman–Crippen MR) is 61.8 cm³/mol. The molecule has 1 heterocycles. The molecular formula is C13H10NO3. The maximum Gasteiger partial charge on any atom is 0.349 e. The largest absolute Gasteiger partial charge is 0.422 e. The van der Waals surface area contributed by atoms with Crippen LogP contribution in [-0.4, -0.2) is 11.9 Å². The van der Waals surface area contributed by atoms with E-state index in [9.17, 15) is 9.59 Å². The van der Waals surface area contributed by atoms with Crippen molar-refractivity contribution in [3.8, 4) is 0 Å². The molecule has 0 atom stereocenters. The Kier molecular flexibility index (Phi) is 2.21. The maximum atomic E-state index is 11.8. The SMILES string of the molecule is O=C(NC1CC1)c1cc2c[c]ccc2oc1=O. The molecule has 1 aromatic heterocycles. The summed E-state index contributed by atoms with van der Waals surface area (Å²) in [5, 5.41) is 3.47. The number of fused-ring (bicyclic) bond motifs is 1. The Morgan fingerprint density at radius 2 is 2.29 bits per heavy atom. The molecule has 17 heavy (non-hydrogen) atoms. The Balaban J connectivity index is 2.05. The third-order valence-electron chi connectivity index (χ3n) is 2.73. The van der Waals surface area contributed by atoms with Crippen molar-refractivity contribution in [1.29, 1.82) is 0 Å². The maximum absolute atomic E-state index is 11.8. The highest BCUT2D eigenvalue weighted by atomic mass is 16.4. The average Bonchev–Trinajstić information content (AvgIpc) is 3.12. The Labute approximate surface area is 97.2 Å². The normalized spacial score (nSPS) is 14.8. The van der Waals surface area contributed by atoms with E-state index in [0.29, 0.717) is 11.0 Å². The van der Waals surface area contributed by atoms with Gasteiger partial charge in [0.05, 0.1) is 0 Å². The highest BCUT2D eigenvalue weighted by Crippen LogP contribution is 2.19. The smallest absolute Gasteiger partial charge is 0.349 e. The molecule has 4 nitrogen and oxygen atoms in total. The van der Waals surface area contributed by atoms with E-state index in [1.165, 1.54) is 0 Å². The number of hydrogen-bond donors (Lipinski definition) is 1. The van der Waals surface area contributed by atoms with Gasteiger partial charge in [0, 0.05) is 11.4 Å². The summed E-state index contributed by atoms with van der Waals surface area (Å²) in [5.74, 6) is -0.355. The van der Waals surface area contributed by atoms with E-state index in [1.54, 1.807) is 24.3 Å². The van der Waals surface area contributed by atoms with Crippen molar-refractivity contribution in [3.05, 3.63) is 46.3 Å². The van der Waals surface area contributed by atoms with Crippen LogP contribution in [0.3, 0.4) is 0 Å². The van der Waals surface area contributed by atoms with E-state index in [1.807, 2.05) is 0 Å². The summed E-state index contributed by atoms with van der Waals surface area (Å²) in [6, 6.07) is 9.65. The van der Waals surface area contributed by atoms with Crippen molar-refractivity contribution < 1.29 is 9.21 Å². The first kappa shape index (κ1) is 10.1. The van der Waals surface area contributed by atoms with Crippen LogP contribution in [0.25, 0.3) is 11.0 Å². The molecule has 1 radical (unpaired) electrons. The van der Waals surface area contributed by atoms with Gasteiger partial charge in [-0.2, -0.15) is 0 Å². The molecule has 0 spiro atoms. The minimum atomic E-state index is -0.596. The fourth-order valence-corrected chi connectivity index (χ4v) is 1.65. The summed E-state index contributed by atoms with van der Waals surface area (Å²) in [6.07, 6.45) is 1.97. The van der Waals surface area contributed by atoms with Crippen molar-refractivity contribution in [2.24, 2.45) is 0 Å². The zero-order valence-electron chi connectivity index (χ0n) is 9.03. The van der Waals surface area contributed by atoms with Crippen LogP contribution in [0.15, 0.2) is 33.5 Å². The molecule has 1 fully saturated rings. The van der Waals surface area contributed by atoms with Crippen molar-refractivity contribution >= 4 is 16.9 Å². The molecule has 1 aromatic carbocycles. The molecular weight excluding hydrogens is 218 g/mol. The van der Waals surface area contributed by atoms with Crippen molar-refractivity contribution in [2.45, 2.75) is 18.9 Å². The number of carbonyl (C=O) groups is 1. The number of rotatable bonds is 2. The number of amides is 1. The second-order valence-electron chi connectivity index (χ2n) is 4.16. The van der Waals surface area contributed by atoms with E-state index in [0.717, 1.165) is 12.8 Å². The second kappa shape index (κ2) is 3.73. The van der Waals surface area contributed by atoms with E-state index in [-0.39, 0.29) is 17.5 Å². The lowest BCUT2D eigenvalue weighted by atomic mass is 10.2. The van der Waals surface area contributed by atoms with Gasteiger partial charge >= 0.3 is 5.63 Å². The molecule has 85 valence electrons. The lowest BCUT2D eigenvalue weighted by Gasteiger charge is -2.02. The van der Waals surface area contributed by atoms with Crippen molar-refractivity contribution in [2.75, 3.05) is 0 Å². The predicted octanol–water partition coefficient (Wildman–Crippen LogP) is 1.49. The highest BCUT2D eigenvalue weighted by molar-refractivity contribution is 5.96. The molecule has 1 amide bonds. The lowest BCUT2D eigenvalue weighted by Crippen LogP contribution is -2.29. The molecule has 0 saturated heterocycles. The zero-order chi connectivity index (χ0) is 11.8. The quantitative estimate of drug-likeness (QED) is 0.792. The number of carbonyl (C=O) groups excluding carboxylic acids is 1. The minimum absolute atomic E-state index is 0.0593. The molecule has 3 rings (SSSR count). The molecule has 1 aliphatic carbocycles. The van der Waals surface area contributed by atoms with Gasteiger partial charge in [-0.25, -0.2) is 4.79 Å². The molecule has 4 heteroatoms. The number of benzene rings is 1. The zero-order valence-corrected chi connectivity index (χ0v) is 9.03.